The van der Waals surface area contributed by atoms with Crippen LogP contribution in [-0.4, -0.2) is 27.3 Å². The highest BCUT2D eigenvalue weighted by Crippen LogP contribution is 2.24. The summed E-state index contributed by atoms with van der Waals surface area (Å²) in [6, 6.07) is 14.2. The minimum Gasteiger partial charge on any atom is -0.484 e. The fourth-order valence-corrected chi connectivity index (χ4v) is 2.44. The minimum absolute atomic E-state index is 0.166. The lowest BCUT2D eigenvalue weighted by molar-refractivity contribution is -0.118. The molecule has 7 nitrogen and oxygen atoms in total. The molecule has 1 heterocycles. The maximum Gasteiger partial charge on any atom is 0.262 e. The summed E-state index contributed by atoms with van der Waals surface area (Å²) in [5.74, 6) is 0.208. The molecule has 3 rings (SSSR count). The summed E-state index contributed by atoms with van der Waals surface area (Å²) in [5, 5.41) is 16.0. The van der Waals surface area contributed by atoms with Gasteiger partial charge in [-0.25, -0.2) is 9.67 Å². The number of hydrogen-bond acceptors (Lipinski definition) is 5. The lowest BCUT2D eigenvalue weighted by Crippen LogP contribution is -2.21. The van der Waals surface area contributed by atoms with Crippen LogP contribution in [0.1, 0.15) is 5.56 Å². The van der Waals surface area contributed by atoms with E-state index in [0.29, 0.717) is 28.6 Å². The predicted molar refractivity (Wildman–Crippen MR) is 96.3 cm³/mol. The van der Waals surface area contributed by atoms with E-state index in [2.05, 4.69) is 21.5 Å². The van der Waals surface area contributed by atoms with E-state index in [-0.39, 0.29) is 12.5 Å². The van der Waals surface area contributed by atoms with Gasteiger partial charge in [-0.1, -0.05) is 23.7 Å². The molecule has 130 valence electrons. The van der Waals surface area contributed by atoms with E-state index in [0.717, 1.165) is 5.56 Å². The molecule has 0 unspecified atom stereocenters. The molecule has 0 aliphatic rings. The Hall–Kier alpha value is -3.37. The summed E-state index contributed by atoms with van der Waals surface area (Å²) >= 11 is 6.02. The first kappa shape index (κ1) is 17.5. The van der Waals surface area contributed by atoms with Gasteiger partial charge in [0.15, 0.2) is 6.61 Å². The fraction of sp³-hybridized carbons (Fsp3) is 0.111. The maximum absolute atomic E-state index is 12.2. The number of rotatable bonds is 6. The number of aromatic nitrogens is 3. The number of anilines is 1. The van der Waals surface area contributed by atoms with Crippen molar-refractivity contribution in [1.29, 1.82) is 5.26 Å². The standard InChI is InChI=1S/C18H14ClN5O2/c19-14-3-6-17(24-12-21-11-22-24)16(9-14)23-18(25)10-26-15-4-1-13(2-5-15)7-8-20/h1-6,9,11-12H,7,10H2,(H,23,25). The molecule has 0 spiro atoms. The van der Waals surface area contributed by atoms with Gasteiger partial charge >= 0.3 is 0 Å². The number of amides is 1. The number of carbonyl (C=O) groups excluding carboxylic acids is 1. The third kappa shape index (κ3) is 4.37. The van der Waals surface area contributed by atoms with E-state index in [1.165, 1.54) is 17.3 Å². The topological polar surface area (TPSA) is 92.8 Å². The van der Waals surface area contributed by atoms with Gasteiger partial charge in [0.25, 0.3) is 5.91 Å². The fourth-order valence-electron chi connectivity index (χ4n) is 2.27. The highest BCUT2D eigenvalue weighted by atomic mass is 35.5. The van der Waals surface area contributed by atoms with Gasteiger partial charge in [-0.3, -0.25) is 4.79 Å². The van der Waals surface area contributed by atoms with Crippen molar-refractivity contribution in [3.05, 3.63) is 65.7 Å². The van der Waals surface area contributed by atoms with Gasteiger partial charge in [-0.15, -0.1) is 0 Å². The number of ether oxygens (including phenoxy) is 1. The smallest absolute Gasteiger partial charge is 0.262 e. The van der Waals surface area contributed by atoms with Gasteiger partial charge in [-0.05, 0) is 35.9 Å². The second kappa shape index (κ2) is 8.14. The summed E-state index contributed by atoms with van der Waals surface area (Å²) in [5.41, 5.74) is 2.03. The van der Waals surface area contributed by atoms with Gasteiger partial charge in [0, 0.05) is 5.02 Å². The Bertz CT molecular complexity index is 933. The summed E-state index contributed by atoms with van der Waals surface area (Å²) < 4.78 is 7.00. The molecule has 2 aromatic carbocycles. The van der Waals surface area contributed by atoms with Gasteiger partial charge < -0.3 is 10.1 Å². The Kier molecular flexibility index (Phi) is 5.46. The van der Waals surface area contributed by atoms with Gasteiger partial charge in [0.1, 0.15) is 18.4 Å². The Morgan fingerprint density at radius 1 is 1.27 bits per heavy atom. The highest BCUT2D eigenvalue weighted by molar-refractivity contribution is 6.31. The summed E-state index contributed by atoms with van der Waals surface area (Å²) in [6.45, 7) is -0.166. The largest absolute Gasteiger partial charge is 0.484 e. The van der Waals surface area contributed by atoms with Crippen molar-refractivity contribution < 1.29 is 9.53 Å². The third-order valence-corrected chi connectivity index (χ3v) is 3.71. The molecule has 1 aromatic heterocycles. The molecule has 0 fully saturated rings. The normalized spacial score (nSPS) is 10.2. The lowest BCUT2D eigenvalue weighted by Gasteiger charge is -2.12. The van der Waals surface area contributed by atoms with Crippen LogP contribution in [-0.2, 0) is 11.2 Å². The van der Waals surface area contributed by atoms with E-state index >= 15 is 0 Å². The van der Waals surface area contributed by atoms with Crippen molar-refractivity contribution in [3.8, 4) is 17.5 Å². The number of carbonyl (C=O) groups is 1. The number of hydrogen-bond donors (Lipinski definition) is 1. The first-order chi connectivity index (χ1) is 12.7. The van der Waals surface area contributed by atoms with Crippen LogP contribution >= 0.6 is 11.6 Å². The maximum atomic E-state index is 12.2. The van der Waals surface area contributed by atoms with E-state index in [1.54, 1.807) is 42.5 Å². The molecule has 0 bridgehead atoms. The van der Waals surface area contributed by atoms with E-state index in [1.807, 2.05) is 0 Å². The summed E-state index contributed by atoms with van der Waals surface area (Å²) in [7, 11) is 0. The van der Waals surface area contributed by atoms with Crippen LogP contribution in [0.15, 0.2) is 55.1 Å². The molecular formula is C18H14ClN5O2. The number of benzene rings is 2. The average Bonchev–Trinajstić information content (AvgIpc) is 3.16. The molecule has 8 heteroatoms. The van der Waals surface area contributed by atoms with Crippen LogP contribution in [0.25, 0.3) is 5.69 Å². The summed E-state index contributed by atoms with van der Waals surface area (Å²) in [4.78, 5) is 16.1. The van der Waals surface area contributed by atoms with Crippen LogP contribution < -0.4 is 10.1 Å². The van der Waals surface area contributed by atoms with Crippen molar-refractivity contribution in [2.24, 2.45) is 0 Å². The Morgan fingerprint density at radius 2 is 2.08 bits per heavy atom. The van der Waals surface area contributed by atoms with Crippen LogP contribution in [0.5, 0.6) is 5.75 Å². The lowest BCUT2D eigenvalue weighted by atomic mass is 10.2. The first-order valence-corrected chi connectivity index (χ1v) is 8.06. The zero-order valence-electron chi connectivity index (χ0n) is 13.6. The third-order valence-electron chi connectivity index (χ3n) is 3.47. The monoisotopic (exact) mass is 367 g/mol. The second-order valence-corrected chi connectivity index (χ2v) is 5.75. The summed E-state index contributed by atoms with van der Waals surface area (Å²) in [6.07, 6.45) is 3.26. The van der Waals surface area contributed by atoms with Crippen molar-refractivity contribution in [2.45, 2.75) is 6.42 Å². The molecule has 0 saturated carbocycles. The number of nitrogens with zero attached hydrogens (tertiary/aromatic N) is 4. The van der Waals surface area contributed by atoms with Crippen molar-refractivity contribution in [1.82, 2.24) is 14.8 Å². The Morgan fingerprint density at radius 3 is 2.77 bits per heavy atom. The number of nitriles is 1. The van der Waals surface area contributed by atoms with E-state index in [9.17, 15) is 4.79 Å². The molecule has 0 radical (unpaired) electrons. The molecular weight excluding hydrogens is 354 g/mol. The highest BCUT2D eigenvalue weighted by Gasteiger charge is 2.11. The van der Waals surface area contributed by atoms with Crippen LogP contribution in [0.4, 0.5) is 5.69 Å². The van der Waals surface area contributed by atoms with E-state index in [4.69, 9.17) is 21.6 Å². The van der Waals surface area contributed by atoms with Crippen molar-refractivity contribution in [2.75, 3.05) is 11.9 Å². The van der Waals surface area contributed by atoms with Crippen molar-refractivity contribution in [3.63, 3.8) is 0 Å². The zero-order valence-corrected chi connectivity index (χ0v) is 14.3. The molecule has 0 atom stereocenters. The molecule has 1 amide bonds. The van der Waals surface area contributed by atoms with Gasteiger partial charge in [0.05, 0.1) is 23.9 Å². The molecule has 0 aliphatic heterocycles. The molecule has 3 aromatic rings. The van der Waals surface area contributed by atoms with Gasteiger partial charge in [-0.2, -0.15) is 10.4 Å². The first-order valence-electron chi connectivity index (χ1n) is 7.69. The number of nitrogens with one attached hydrogen (secondary N) is 1. The Labute approximate surface area is 154 Å². The number of halogens is 1. The van der Waals surface area contributed by atoms with Gasteiger partial charge in [0.2, 0.25) is 0 Å². The molecule has 0 aliphatic carbocycles. The van der Waals surface area contributed by atoms with Crippen LogP contribution in [0.2, 0.25) is 5.02 Å². The van der Waals surface area contributed by atoms with Crippen LogP contribution in [0, 0.1) is 11.3 Å². The van der Waals surface area contributed by atoms with E-state index < -0.39 is 0 Å². The predicted octanol–water partition coefficient (Wildman–Crippen LogP) is 3.00. The minimum atomic E-state index is -0.338. The Balaban J connectivity index is 1.65. The molecule has 26 heavy (non-hydrogen) atoms. The zero-order chi connectivity index (χ0) is 18.4. The van der Waals surface area contributed by atoms with Crippen molar-refractivity contribution >= 4 is 23.2 Å². The molecule has 1 N–H and O–H groups in total. The van der Waals surface area contributed by atoms with Crippen LogP contribution in [0.3, 0.4) is 0 Å². The second-order valence-electron chi connectivity index (χ2n) is 5.32. The SMILES string of the molecule is N#CCc1ccc(OCC(=O)Nc2cc(Cl)ccc2-n2cncn2)cc1. The quantitative estimate of drug-likeness (QED) is 0.722. The molecule has 0 saturated heterocycles. The average molecular weight is 368 g/mol.